The second-order valence-electron chi connectivity index (χ2n) is 4.55. The zero-order chi connectivity index (χ0) is 17.9. The van der Waals surface area contributed by atoms with Crippen molar-refractivity contribution in [1.82, 2.24) is 0 Å². The number of esters is 1. The van der Waals surface area contributed by atoms with Gasteiger partial charge in [-0.05, 0) is 24.3 Å². The zero-order valence-corrected chi connectivity index (χ0v) is 12.5. The van der Waals surface area contributed by atoms with Crippen LogP contribution in [-0.2, 0) is 4.74 Å². The van der Waals surface area contributed by atoms with Crippen molar-refractivity contribution in [3.05, 3.63) is 74.3 Å². The lowest BCUT2D eigenvalue weighted by Crippen LogP contribution is -2.15. The van der Waals surface area contributed by atoms with Crippen LogP contribution in [0.15, 0.2) is 36.4 Å². The highest BCUT2D eigenvalue weighted by Gasteiger charge is 2.19. The molecule has 0 heterocycles. The number of nitro benzene ring substituents is 1. The molecule has 2 aromatic carbocycles. The van der Waals surface area contributed by atoms with E-state index in [0.717, 1.165) is 30.3 Å². The van der Waals surface area contributed by atoms with Gasteiger partial charge in [0.2, 0.25) is 0 Å². The van der Waals surface area contributed by atoms with Crippen molar-refractivity contribution in [2.75, 3.05) is 6.61 Å². The number of Topliss-reactive ketones (excluding diaryl/α,β-unsaturated/α-hetero) is 1. The molecular weight excluding hydrogens is 348 g/mol. The summed E-state index contributed by atoms with van der Waals surface area (Å²) in [5.74, 6) is -4.16. The van der Waals surface area contributed by atoms with Crippen molar-refractivity contribution in [2.45, 2.75) is 0 Å². The average Bonchev–Trinajstić information content (AvgIpc) is 2.55. The Kier molecular flexibility index (Phi) is 5.20. The molecule has 0 fully saturated rings. The Bertz CT molecular complexity index is 841. The van der Waals surface area contributed by atoms with E-state index < -0.39 is 34.9 Å². The highest BCUT2D eigenvalue weighted by molar-refractivity contribution is 6.33. The van der Waals surface area contributed by atoms with Crippen molar-refractivity contribution in [3.63, 3.8) is 0 Å². The van der Waals surface area contributed by atoms with E-state index in [2.05, 4.69) is 0 Å². The van der Waals surface area contributed by atoms with E-state index in [9.17, 15) is 28.5 Å². The highest BCUT2D eigenvalue weighted by atomic mass is 35.5. The molecule has 0 amide bonds. The van der Waals surface area contributed by atoms with E-state index >= 15 is 0 Å². The molecule has 0 radical (unpaired) electrons. The first-order valence-electron chi connectivity index (χ1n) is 6.39. The fourth-order valence-corrected chi connectivity index (χ4v) is 1.94. The molecule has 0 atom stereocenters. The van der Waals surface area contributed by atoms with Crippen LogP contribution >= 0.6 is 11.6 Å². The number of carbonyl (C=O) groups excluding carboxylic acids is 2. The van der Waals surface area contributed by atoms with E-state index in [-0.39, 0.29) is 21.8 Å². The molecule has 2 aromatic rings. The molecule has 0 aliphatic heterocycles. The predicted octanol–water partition coefficient (Wildman–Crippen LogP) is 3.57. The molecule has 0 aliphatic carbocycles. The quantitative estimate of drug-likeness (QED) is 0.354. The summed E-state index contributed by atoms with van der Waals surface area (Å²) in [6, 6.07) is 5.63. The van der Waals surface area contributed by atoms with Gasteiger partial charge in [-0.2, -0.15) is 0 Å². The first-order chi connectivity index (χ1) is 11.3. The van der Waals surface area contributed by atoms with E-state index in [1.54, 1.807) is 0 Å². The Morgan fingerprint density at radius 2 is 1.83 bits per heavy atom. The molecule has 2 rings (SSSR count). The van der Waals surface area contributed by atoms with Gasteiger partial charge in [-0.3, -0.25) is 14.9 Å². The van der Waals surface area contributed by atoms with Crippen LogP contribution in [0.1, 0.15) is 20.7 Å². The van der Waals surface area contributed by atoms with Gasteiger partial charge >= 0.3 is 5.97 Å². The number of ketones is 1. The minimum atomic E-state index is -1.21. The van der Waals surface area contributed by atoms with Gasteiger partial charge in [0.05, 0.1) is 15.5 Å². The van der Waals surface area contributed by atoms with E-state index in [1.807, 2.05) is 0 Å². The molecule has 9 heteroatoms. The van der Waals surface area contributed by atoms with Gasteiger partial charge in [0.25, 0.3) is 5.69 Å². The van der Waals surface area contributed by atoms with Crippen LogP contribution in [0.5, 0.6) is 0 Å². The number of hydrogen-bond donors (Lipinski definition) is 0. The highest BCUT2D eigenvalue weighted by Crippen LogP contribution is 2.23. The molecule has 0 N–H and O–H groups in total. The summed E-state index contributed by atoms with van der Waals surface area (Å²) >= 11 is 5.77. The third kappa shape index (κ3) is 3.90. The average molecular weight is 356 g/mol. The largest absolute Gasteiger partial charge is 0.454 e. The number of rotatable bonds is 5. The Morgan fingerprint density at radius 1 is 1.12 bits per heavy atom. The van der Waals surface area contributed by atoms with Crippen LogP contribution < -0.4 is 0 Å². The van der Waals surface area contributed by atoms with E-state index in [4.69, 9.17) is 16.3 Å². The lowest BCUT2D eigenvalue weighted by Gasteiger charge is -2.06. The number of halogens is 3. The zero-order valence-electron chi connectivity index (χ0n) is 11.8. The predicted molar refractivity (Wildman–Crippen MR) is 79.1 cm³/mol. The number of nitrogens with zero attached hydrogens (tertiary/aromatic N) is 1. The van der Waals surface area contributed by atoms with Crippen LogP contribution in [0, 0.1) is 21.7 Å². The molecule has 0 saturated carbocycles. The molecule has 0 saturated heterocycles. The lowest BCUT2D eigenvalue weighted by molar-refractivity contribution is -0.384. The van der Waals surface area contributed by atoms with Crippen LogP contribution in [0.2, 0.25) is 5.02 Å². The van der Waals surface area contributed by atoms with Crippen molar-refractivity contribution < 1.29 is 28.0 Å². The summed E-state index contributed by atoms with van der Waals surface area (Å²) in [7, 11) is 0. The second kappa shape index (κ2) is 7.14. The molecule has 124 valence electrons. The van der Waals surface area contributed by atoms with Crippen LogP contribution in [0.25, 0.3) is 0 Å². The maximum atomic E-state index is 13.1. The molecule has 0 aromatic heterocycles. The van der Waals surface area contributed by atoms with Crippen molar-refractivity contribution >= 4 is 29.0 Å². The monoisotopic (exact) mass is 355 g/mol. The fourth-order valence-electron chi connectivity index (χ4n) is 1.75. The first-order valence-corrected chi connectivity index (χ1v) is 6.76. The lowest BCUT2D eigenvalue weighted by atomic mass is 10.1. The summed E-state index contributed by atoms with van der Waals surface area (Å²) in [4.78, 5) is 33.6. The van der Waals surface area contributed by atoms with E-state index in [1.165, 1.54) is 0 Å². The first kappa shape index (κ1) is 17.5. The Labute approximate surface area is 138 Å². The van der Waals surface area contributed by atoms with Crippen LogP contribution in [0.4, 0.5) is 14.5 Å². The van der Waals surface area contributed by atoms with Gasteiger partial charge in [-0.1, -0.05) is 11.6 Å². The van der Waals surface area contributed by atoms with Gasteiger partial charge in [-0.25, -0.2) is 13.6 Å². The molecule has 0 aliphatic rings. The van der Waals surface area contributed by atoms with Crippen LogP contribution in [0.3, 0.4) is 0 Å². The number of carbonyl (C=O) groups is 2. The maximum Gasteiger partial charge on any atom is 0.340 e. The third-order valence-electron chi connectivity index (χ3n) is 2.96. The van der Waals surface area contributed by atoms with Gasteiger partial charge < -0.3 is 4.74 Å². The van der Waals surface area contributed by atoms with Crippen LogP contribution in [-0.4, -0.2) is 23.3 Å². The Morgan fingerprint density at radius 3 is 2.46 bits per heavy atom. The van der Waals surface area contributed by atoms with Crippen molar-refractivity contribution in [3.8, 4) is 0 Å². The molecule has 0 unspecified atom stereocenters. The normalized spacial score (nSPS) is 10.3. The SMILES string of the molecule is O=C(COC(=O)c1cc([N+](=O)[O-])ccc1Cl)c1ccc(F)c(F)c1. The number of non-ortho nitro benzene ring substituents is 1. The summed E-state index contributed by atoms with van der Waals surface area (Å²) in [5.41, 5.74) is -0.853. The third-order valence-corrected chi connectivity index (χ3v) is 3.29. The summed E-state index contributed by atoms with van der Waals surface area (Å²) in [5, 5.41) is 10.6. The summed E-state index contributed by atoms with van der Waals surface area (Å²) < 4.78 is 30.6. The number of benzene rings is 2. The summed E-state index contributed by atoms with van der Waals surface area (Å²) in [6.45, 7) is -0.761. The Balaban J connectivity index is 2.10. The van der Waals surface area contributed by atoms with E-state index in [0.29, 0.717) is 6.07 Å². The Hall–Kier alpha value is -2.87. The van der Waals surface area contributed by atoms with Gasteiger partial charge in [0, 0.05) is 17.7 Å². The van der Waals surface area contributed by atoms with Crippen molar-refractivity contribution in [1.29, 1.82) is 0 Å². The molecule has 6 nitrogen and oxygen atoms in total. The number of ether oxygens (including phenoxy) is 1. The smallest absolute Gasteiger partial charge is 0.340 e. The number of nitro groups is 1. The summed E-state index contributed by atoms with van der Waals surface area (Å²) in [6.07, 6.45) is 0. The van der Waals surface area contributed by atoms with Crippen molar-refractivity contribution in [2.24, 2.45) is 0 Å². The van der Waals surface area contributed by atoms with Gasteiger partial charge in [0.1, 0.15) is 0 Å². The minimum Gasteiger partial charge on any atom is -0.454 e. The maximum absolute atomic E-state index is 13.1. The number of hydrogen-bond acceptors (Lipinski definition) is 5. The fraction of sp³-hybridized carbons (Fsp3) is 0.0667. The topological polar surface area (TPSA) is 86.5 Å². The second-order valence-corrected chi connectivity index (χ2v) is 4.96. The molecular formula is C15H8ClF2NO5. The van der Waals surface area contributed by atoms with Gasteiger partial charge in [0.15, 0.2) is 24.0 Å². The minimum absolute atomic E-state index is 0.0918. The molecule has 0 bridgehead atoms. The molecule has 24 heavy (non-hydrogen) atoms. The standard InChI is InChI=1S/C15H8ClF2NO5/c16-11-3-2-9(19(22)23)6-10(11)15(21)24-7-14(20)8-1-4-12(17)13(18)5-8/h1-6H,7H2. The van der Waals surface area contributed by atoms with Gasteiger partial charge in [-0.15, -0.1) is 0 Å². The molecule has 0 spiro atoms.